The Labute approximate surface area is 118 Å². The number of carboxylic acid groups (broad SMARTS) is 1. The molecular weight excluding hydrogens is 274 g/mol. The van der Waals surface area contributed by atoms with Gasteiger partial charge in [-0.15, -0.1) is 0 Å². The predicted molar refractivity (Wildman–Crippen MR) is 73.5 cm³/mol. The van der Waals surface area contributed by atoms with Crippen molar-refractivity contribution in [2.24, 2.45) is 0 Å². The molecule has 8 nitrogen and oxygen atoms in total. The molecule has 0 aromatic carbocycles. The van der Waals surface area contributed by atoms with E-state index in [0.717, 1.165) is 0 Å². The van der Waals surface area contributed by atoms with E-state index >= 15 is 0 Å². The molecule has 0 fully saturated rings. The number of aliphatic hydroxyl groups excluding tert-OH is 1. The molecule has 0 aliphatic carbocycles. The van der Waals surface area contributed by atoms with Crippen LogP contribution in [0.15, 0.2) is 30.6 Å². The molecule has 0 saturated heterocycles. The van der Waals surface area contributed by atoms with E-state index in [1.165, 1.54) is 4.52 Å². The van der Waals surface area contributed by atoms with Gasteiger partial charge in [0.25, 0.3) is 0 Å². The highest BCUT2D eigenvalue weighted by molar-refractivity contribution is 5.92. The van der Waals surface area contributed by atoms with Crippen LogP contribution in [0.25, 0.3) is 16.9 Å². The maximum absolute atomic E-state index is 11.2. The van der Waals surface area contributed by atoms with Crippen molar-refractivity contribution in [2.45, 2.75) is 6.61 Å². The molecule has 0 amide bonds. The van der Waals surface area contributed by atoms with E-state index in [0.29, 0.717) is 22.5 Å². The minimum absolute atomic E-state index is 0.0885. The van der Waals surface area contributed by atoms with Crippen molar-refractivity contribution in [3.63, 3.8) is 0 Å². The molecule has 106 valence electrons. The number of nitrogen functional groups attached to an aromatic ring is 1. The van der Waals surface area contributed by atoms with Crippen molar-refractivity contribution >= 4 is 17.4 Å². The average Bonchev–Trinajstić information content (AvgIpc) is 2.82. The maximum Gasteiger partial charge on any atom is 0.358 e. The van der Waals surface area contributed by atoms with Crippen LogP contribution in [0, 0.1) is 0 Å². The predicted octanol–water partition coefficient (Wildman–Crippen LogP) is 0.564. The standard InChI is InChI=1S/C13H11N5O3/c14-12-11(13(20)21)18-10(16-12)2-1-9(17-18)8-3-7(6-19)4-15-5-8/h1-5,19H,6,14H2,(H,20,21). The Bertz CT molecular complexity index is 843. The Balaban J connectivity index is 2.20. The molecule has 0 unspecified atom stereocenters. The van der Waals surface area contributed by atoms with Crippen molar-refractivity contribution in [1.82, 2.24) is 19.6 Å². The topological polar surface area (TPSA) is 127 Å². The molecule has 3 heterocycles. The van der Waals surface area contributed by atoms with Gasteiger partial charge in [-0.3, -0.25) is 4.98 Å². The lowest BCUT2D eigenvalue weighted by Gasteiger charge is -2.04. The molecule has 0 aliphatic rings. The van der Waals surface area contributed by atoms with Crippen LogP contribution in [0.1, 0.15) is 16.1 Å². The van der Waals surface area contributed by atoms with Gasteiger partial charge < -0.3 is 15.9 Å². The number of carbonyl (C=O) groups is 1. The molecule has 3 aromatic heterocycles. The normalized spacial score (nSPS) is 10.9. The summed E-state index contributed by atoms with van der Waals surface area (Å²) in [4.78, 5) is 19.2. The lowest BCUT2D eigenvalue weighted by Crippen LogP contribution is -2.07. The number of rotatable bonds is 3. The summed E-state index contributed by atoms with van der Waals surface area (Å²) in [5.74, 6) is -1.29. The number of nitrogens with zero attached hydrogens (tertiary/aromatic N) is 4. The van der Waals surface area contributed by atoms with Crippen molar-refractivity contribution in [3.05, 3.63) is 41.9 Å². The Hall–Kier alpha value is -3.00. The van der Waals surface area contributed by atoms with Gasteiger partial charge in [0, 0.05) is 18.0 Å². The number of hydrogen-bond acceptors (Lipinski definition) is 6. The van der Waals surface area contributed by atoms with E-state index in [-0.39, 0.29) is 18.1 Å². The number of hydrogen-bond donors (Lipinski definition) is 3. The lowest BCUT2D eigenvalue weighted by molar-refractivity contribution is 0.0689. The van der Waals surface area contributed by atoms with Crippen molar-refractivity contribution in [2.75, 3.05) is 5.73 Å². The van der Waals surface area contributed by atoms with Crippen LogP contribution in [0.2, 0.25) is 0 Å². The second kappa shape index (κ2) is 4.84. The number of nitrogens with two attached hydrogens (primary N) is 1. The van der Waals surface area contributed by atoms with Crippen LogP contribution in [0.5, 0.6) is 0 Å². The summed E-state index contributed by atoms with van der Waals surface area (Å²) >= 11 is 0. The molecule has 0 spiro atoms. The SMILES string of the molecule is Nc1nc2ccc(-c3cncc(CO)c3)nn2c1C(=O)O. The number of aromatic carboxylic acids is 1. The van der Waals surface area contributed by atoms with Crippen LogP contribution in [-0.2, 0) is 6.61 Å². The third-order valence-corrected chi connectivity index (χ3v) is 2.98. The van der Waals surface area contributed by atoms with Gasteiger partial charge in [0.15, 0.2) is 17.2 Å². The first-order valence-corrected chi connectivity index (χ1v) is 6.04. The minimum atomic E-state index is -1.20. The number of pyridine rings is 1. The summed E-state index contributed by atoms with van der Waals surface area (Å²) in [6.45, 7) is -0.137. The molecule has 8 heteroatoms. The maximum atomic E-state index is 11.2. The largest absolute Gasteiger partial charge is 0.476 e. The second-order valence-electron chi connectivity index (χ2n) is 4.38. The number of carboxylic acids is 1. The summed E-state index contributed by atoms with van der Waals surface area (Å²) in [7, 11) is 0. The summed E-state index contributed by atoms with van der Waals surface area (Å²) in [5, 5.41) is 22.5. The molecule has 0 bridgehead atoms. The number of imidazole rings is 1. The Morgan fingerprint density at radius 2 is 2.14 bits per heavy atom. The zero-order valence-corrected chi connectivity index (χ0v) is 10.8. The number of aromatic nitrogens is 4. The summed E-state index contributed by atoms with van der Waals surface area (Å²) in [6.07, 6.45) is 3.12. The van der Waals surface area contributed by atoms with Crippen LogP contribution < -0.4 is 5.73 Å². The fourth-order valence-corrected chi connectivity index (χ4v) is 2.02. The zero-order chi connectivity index (χ0) is 15.0. The monoisotopic (exact) mass is 285 g/mol. The van der Waals surface area contributed by atoms with Gasteiger partial charge in [-0.05, 0) is 23.8 Å². The van der Waals surface area contributed by atoms with Crippen molar-refractivity contribution in [3.8, 4) is 11.3 Å². The second-order valence-corrected chi connectivity index (χ2v) is 4.38. The van der Waals surface area contributed by atoms with Crippen LogP contribution in [0.4, 0.5) is 5.82 Å². The van der Waals surface area contributed by atoms with Gasteiger partial charge in [0.05, 0.1) is 12.3 Å². The zero-order valence-electron chi connectivity index (χ0n) is 10.8. The van der Waals surface area contributed by atoms with Crippen LogP contribution in [-0.4, -0.2) is 35.8 Å². The molecular formula is C13H11N5O3. The first kappa shape index (κ1) is 13.0. The molecule has 0 atom stereocenters. The number of anilines is 1. The van der Waals surface area contributed by atoms with Gasteiger partial charge in [-0.2, -0.15) is 5.10 Å². The Morgan fingerprint density at radius 3 is 2.86 bits per heavy atom. The first-order valence-electron chi connectivity index (χ1n) is 6.04. The number of fused-ring (bicyclic) bond motifs is 1. The highest BCUT2D eigenvalue weighted by Crippen LogP contribution is 2.20. The lowest BCUT2D eigenvalue weighted by atomic mass is 10.1. The molecule has 0 aliphatic heterocycles. The van der Waals surface area contributed by atoms with Gasteiger partial charge in [-0.1, -0.05) is 0 Å². The van der Waals surface area contributed by atoms with E-state index in [2.05, 4.69) is 15.1 Å². The molecule has 21 heavy (non-hydrogen) atoms. The summed E-state index contributed by atoms with van der Waals surface area (Å²) in [5.41, 5.74) is 7.56. The first-order chi connectivity index (χ1) is 10.1. The van der Waals surface area contributed by atoms with Crippen LogP contribution >= 0.6 is 0 Å². The van der Waals surface area contributed by atoms with E-state index < -0.39 is 5.97 Å². The molecule has 3 aromatic rings. The summed E-state index contributed by atoms with van der Waals surface area (Å²) in [6, 6.07) is 5.03. The fourth-order valence-electron chi connectivity index (χ4n) is 2.02. The van der Waals surface area contributed by atoms with E-state index in [9.17, 15) is 4.79 Å². The van der Waals surface area contributed by atoms with Gasteiger partial charge >= 0.3 is 5.97 Å². The van der Waals surface area contributed by atoms with Gasteiger partial charge in [0.2, 0.25) is 0 Å². The summed E-state index contributed by atoms with van der Waals surface area (Å²) < 4.78 is 1.18. The highest BCUT2D eigenvalue weighted by Gasteiger charge is 2.18. The third-order valence-electron chi connectivity index (χ3n) is 2.98. The number of aliphatic hydroxyl groups is 1. The average molecular weight is 285 g/mol. The molecule has 3 rings (SSSR count). The fraction of sp³-hybridized carbons (Fsp3) is 0.0769. The van der Waals surface area contributed by atoms with Crippen LogP contribution in [0.3, 0.4) is 0 Å². The Morgan fingerprint density at radius 1 is 1.33 bits per heavy atom. The van der Waals surface area contributed by atoms with Gasteiger partial charge in [-0.25, -0.2) is 14.3 Å². The van der Waals surface area contributed by atoms with E-state index in [1.807, 2.05) is 0 Å². The Kier molecular flexibility index (Phi) is 2.99. The van der Waals surface area contributed by atoms with E-state index in [1.54, 1.807) is 30.6 Å². The smallest absolute Gasteiger partial charge is 0.358 e. The molecule has 0 saturated carbocycles. The highest BCUT2D eigenvalue weighted by atomic mass is 16.4. The molecule has 4 N–H and O–H groups in total. The van der Waals surface area contributed by atoms with Crippen molar-refractivity contribution in [1.29, 1.82) is 0 Å². The van der Waals surface area contributed by atoms with Crippen molar-refractivity contribution < 1.29 is 15.0 Å². The quantitative estimate of drug-likeness (QED) is 0.641. The third kappa shape index (κ3) is 2.17. The van der Waals surface area contributed by atoms with Gasteiger partial charge in [0.1, 0.15) is 0 Å². The minimum Gasteiger partial charge on any atom is -0.476 e. The van der Waals surface area contributed by atoms with E-state index in [4.69, 9.17) is 15.9 Å². The molecule has 0 radical (unpaired) electrons.